The van der Waals surface area contributed by atoms with Crippen molar-refractivity contribution >= 4 is 5.97 Å². The van der Waals surface area contributed by atoms with E-state index in [-0.39, 0.29) is 0 Å². The summed E-state index contributed by atoms with van der Waals surface area (Å²) in [4.78, 5) is 12.7. The second-order valence-electron chi connectivity index (χ2n) is 5.49. The van der Waals surface area contributed by atoms with Crippen LogP contribution in [0.1, 0.15) is 25.0 Å². The lowest BCUT2D eigenvalue weighted by atomic mass is 9.86. The van der Waals surface area contributed by atoms with E-state index in [4.69, 9.17) is 11.2 Å². The smallest absolute Gasteiger partial charge is 0.349 e. The Balaban J connectivity index is 2.53. The summed E-state index contributed by atoms with van der Waals surface area (Å²) in [5.41, 5.74) is -2.15. The van der Waals surface area contributed by atoms with E-state index < -0.39 is 17.2 Å². The first-order valence-electron chi connectivity index (χ1n) is 6.95. The van der Waals surface area contributed by atoms with Crippen LogP contribution >= 0.6 is 0 Å². The van der Waals surface area contributed by atoms with Crippen LogP contribution < -0.4 is 0 Å². The van der Waals surface area contributed by atoms with Gasteiger partial charge in [0.1, 0.15) is 0 Å². The Bertz CT molecular complexity index is 642. The number of rotatable bonds is 4. The summed E-state index contributed by atoms with van der Waals surface area (Å²) in [6.45, 7) is 3.20. The number of hydrogen-bond donors (Lipinski definition) is 1. The molecule has 0 aliphatic rings. The Labute approximate surface area is 130 Å². The third-order valence-electron chi connectivity index (χ3n) is 3.37. The van der Waals surface area contributed by atoms with Gasteiger partial charge in [0, 0.05) is 0 Å². The van der Waals surface area contributed by atoms with E-state index in [1.165, 1.54) is 0 Å². The van der Waals surface area contributed by atoms with Crippen molar-refractivity contribution in [2.24, 2.45) is 0 Å². The SMILES string of the molecule is C#CC(C)(C)OC(=O)C(O)(c1ccccc1)c1ccccc1. The van der Waals surface area contributed by atoms with Crippen molar-refractivity contribution in [1.82, 2.24) is 0 Å². The van der Waals surface area contributed by atoms with Crippen molar-refractivity contribution < 1.29 is 14.6 Å². The molecule has 0 aliphatic carbocycles. The summed E-state index contributed by atoms with van der Waals surface area (Å²) < 4.78 is 5.34. The minimum atomic E-state index is -1.91. The van der Waals surface area contributed by atoms with Gasteiger partial charge in [0.15, 0.2) is 5.60 Å². The molecule has 0 amide bonds. The number of esters is 1. The van der Waals surface area contributed by atoms with Crippen LogP contribution in [0.5, 0.6) is 0 Å². The van der Waals surface area contributed by atoms with E-state index in [1.54, 1.807) is 62.4 Å². The number of ether oxygens (including phenoxy) is 1. The highest BCUT2D eigenvalue weighted by Gasteiger charge is 2.43. The van der Waals surface area contributed by atoms with Gasteiger partial charge in [-0.2, -0.15) is 0 Å². The number of hydrogen-bond acceptors (Lipinski definition) is 3. The molecule has 3 heteroatoms. The quantitative estimate of drug-likeness (QED) is 0.696. The Kier molecular flexibility index (Phi) is 4.35. The summed E-state index contributed by atoms with van der Waals surface area (Å²) in [6.07, 6.45) is 5.37. The van der Waals surface area contributed by atoms with Crippen LogP contribution in [0.15, 0.2) is 60.7 Å². The molecule has 0 saturated carbocycles. The summed E-state index contributed by atoms with van der Waals surface area (Å²) in [7, 11) is 0. The third kappa shape index (κ3) is 3.03. The molecule has 0 heterocycles. The van der Waals surface area contributed by atoms with Crippen molar-refractivity contribution in [2.75, 3.05) is 0 Å². The molecule has 0 radical (unpaired) electrons. The molecule has 2 aromatic rings. The standard InChI is InChI=1S/C19H18O3/c1-4-18(2,3)22-17(20)19(21,15-11-7-5-8-12-15)16-13-9-6-10-14-16/h1,5-14,21H,2-3H3. The largest absolute Gasteiger partial charge is 0.444 e. The van der Waals surface area contributed by atoms with Gasteiger partial charge in [0.05, 0.1) is 0 Å². The second kappa shape index (κ2) is 6.05. The highest BCUT2D eigenvalue weighted by molar-refractivity contribution is 5.85. The first kappa shape index (κ1) is 15.8. The maximum Gasteiger partial charge on any atom is 0.349 e. The van der Waals surface area contributed by atoms with Crippen molar-refractivity contribution in [3.05, 3.63) is 71.8 Å². The van der Waals surface area contributed by atoms with Gasteiger partial charge in [-0.1, -0.05) is 66.6 Å². The molecule has 22 heavy (non-hydrogen) atoms. The molecule has 0 saturated heterocycles. The first-order chi connectivity index (χ1) is 10.4. The van der Waals surface area contributed by atoms with Gasteiger partial charge >= 0.3 is 5.97 Å². The highest BCUT2D eigenvalue weighted by Crippen LogP contribution is 2.32. The molecule has 0 aliphatic heterocycles. The van der Waals surface area contributed by atoms with Crippen LogP contribution in [0.25, 0.3) is 0 Å². The van der Waals surface area contributed by atoms with Crippen LogP contribution in [-0.4, -0.2) is 16.7 Å². The average Bonchev–Trinajstić information content (AvgIpc) is 2.55. The summed E-state index contributed by atoms with van der Waals surface area (Å²) in [6, 6.07) is 17.3. The Hall–Kier alpha value is -2.57. The lowest BCUT2D eigenvalue weighted by Gasteiger charge is -2.30. The minimum Gasteiger partial charge on any atom is -0.444 e. The second-order valence-corrected chi connectivity index (χ2v) is 5.49. The van der Waals surface area contributed by atoms with E-state index in [0.29, 0.717) is 11.1 Å². The summed E-state index contributed by atoms with van der Waals surface area (Å²) in [5.74, 6) is 1.59. The number of carbonyl (C=O) groups excluding carboxylic acids is 1. The van der Waals surface area contributed by atoms with Gasteiger partial charge in [0.25, 0.3) is 0 Å². The summed E-state index contributed by atoms with van der Waals surface area (Å²) in [5, 5.41) is 11.1. The highest BCUT2D eigenvalue weighted by atomic mass is 16.6. The van der Waals surface area contributed by atoms with Crippen LogP contribution in [0.4, 0.5) is 0 Å². The Morgan fingerprint density at radius 3 is 1.77 bits per heavy atom. The van der Waals surface area contributed by atoms with Crippen LogP contribution in [0.2, 0.25) is 0 Å². The van der Waals surface area contributed by atoms with Crippen LogP contribution in [-0.2, 0) is 15.1 Å². The molecule has 0 aromatic heterocycles. The molecule has 3 nitrogen and oxygen atoms in total. The molecule has 2 aromatic carbocycles. The fourth-order valence-electron chi connectivity index (χ4n) is 2.10. The van der Waals surface area contributed by atoms with E-state index in [9.17, 15) is 9.90 Å². The van der Waals surface area contributed by atoms with Crippen LogP contribution in [0, 0.1) is 12.3 Å². The van der Waals surface area contributed by atoms with Gasteiger partial charge in [-0.15, -0.1) is 6.42 Å². The Morgan fingerprint density at radius 1 is 1.00 bits per heavy atom. The fourth-order valence-corrected chi connectivity index (χ4v) is 2.10. The Morgan fingerprint density at radius 2 is 1.41 bits per heavy atom. The van der Waals surface area contributed by atoms with Gasteiger partial charge in [-0.25, -0.2) is 4.79 Å². The van der Waals surface area contributed by atoms with E-state index >= 15 is 0 Å². The zero-order chi connectivity index (χ0) is 16.2. The van der Waals surface area contributed by atoms with E-state index in [0.717, 1.165) is 0 Å². The molecule has 1 N–H and O–H groups in total. The van der Waals surface area contributed by atoms with E-state index in [1.807, 2.05) is 12.1 Å². The molecule has 0 fully saturated rings. The topological polar surface area (TPSA) is 46.5 Å². The zero-order valence-corrected chi connectivity index (χ0v) is 12.6. The predicted molar refractivity (Wildman–Crippen MR) is 84.9 cm³/mol. The molecule has 0 unspecified atom stereocenters. The first-order valence-corrected chi connectivity index (χ1v) is 6.95. The zero-order valence-electron chi connectivity index (χ0n) is 12.6. The van der Waals surface area contributed by atoms with Crippen LogP contribution in [0.3, 0.4) is 0 Å². The predicted octanol–water partition coefficient (Wildman–Crippen LogP) is 2.88. The normalized spacial score (nSPS) is 11.5. The van der Waals surface area contributed by atoms with Gasteiger partial charge in [-0.3, -0.25) is 0 Å². The number of benzene rings is 2. The minimum absolute atomic E-state index is 0.430. The molecular weight excluding hydrogens is 276 g/mol. The van der Waals surface area contributed by atoms with Crippen molar-refractivity contribution in [3.63, 3.8) is 0 Å². The molecule has 0 bridgehead atoms. The van der Waals surface area contributed by atoms with Gasteiger partial charge in [0.2, 0.25) is 5.60 Å². The summed E-state index contributed by atoms with van der Waals surface area (Å²) >= 11 is 0. The van der Waals surface area contributed by atoms with Crippen molar-refractivity contribution in [3.8, 4) is 12.3 Å². The molecule has 2 rings (SSSR count). The maximum absolute atomic E-state index is 12.7. The van der Waals surface area contributed by atoms with Gasteiger partial charge in [-0.05, 0) is 25.0 Å². The third-order valence-corrected chi connectivity index (χ3v) is 3.37. The monoisotopic (exact) mass is 294 g/mol. The van der Waals surface area contributed by atoms with Gasteiger partial charge < -0.3 is 9.84 Å². The van der Waals surface area contributed by atoms with Crippen molar-refractivity contribution in [2.45, 2.75) is 25.0 Å². The number of carbonyl (C=O) groups is 1. The number of terminal acetylenes is 1. The molecule has 0 atom stereocenters. The average molecular weight is 294 g/mol. The fraction of sp³-hybridized carbons (Fsp3) is 0.211. The maximum atomic E-state index is 12.7. The molecular formula is C19H18O3. The molecule has 112 valence electrons. The lowest BCUT2D eigenvalue weighted by Crippen LogP contribution is -2.42. The molecule has 0 spiro atoms. The van der Waals surface area contributed by atoms with E-state index in [2.05, 4.69) is 5.92 Å². The number of aliphatic hydroxyl groups is 1. The lowest BCUT2D eigenvalue weighted by molar-refractivity contribution is -0.170. The van der Waals surface area contributed by atoms with Crippen molar-refractivity contribution in [1.29, 1.82) is 0 Å².